The number of carbonyl (C=O) groups excluding carboxylic acids is 1. The largest absolute Gasteiger partial charge is 0.471 e. The number of thiazole rings is 1. The van der Waals surface area contributed by atoms with E-state index in [0.717, 1.165) is 12.1 Å². The van der Waals surface area contributed by atoms with Crippen molar-refractivity contribution in [2.24, 2.45) is 0 Å². The second-order valence-corrected chi connectivity index (χ2v) is 5.73. The van der Waals surface area contributed by atoms with Gasteiger partial charge in [-0.05, 0) is 24.3 Å². The number of hydrogen-bond donors (Lipinski definition) is 1. The van der Waals surface area contributed by atoms with Gasteiger partial charge in [0.25, 0.3) is 5.91 Å². The van der Waals surface area contributed by atoms with Gasteiger partial charge in [0.2, 0.25) is 0 Å². The van der Waals surface area contributed by atoms with Crippen LogP contribution in [0.15, 0.2) is 48.1 Å². The van der Waals surface area contributed by atoms with Crippen LogP contribution in [0.5, 0.6) is 5.75 Å². The van der Waals surface area contributed by atoms with Gasteiger partial charge in [-0.1, -0.05) is 6.07 Å². The number of carbonyl (C=O) groups is 1. The van der Waals surface area contributed by atoms with Gasteiger partial charge in [-0.3, -0.25) is 10.1 Å². The summed E-state index contributed by atoms with van der Waals surface area (Å²) < 4.78 is 44.6. The molecule has 0 aliphatic carbocycles. The van der Waals surface area contributed by atoms with Crippen LogP contribution in [0.3, 0.4) is 0 Å². The number of alkyl halides is 3. The summed E-state index contributed by atoms with van der Waals surface area (Å²) in [6.07, 6.45) is -1.39. The molecule has 130 valence electrons. The van der Waals surface area contributed by atoms with Gasteiger partial charge in [-0.25, -0.2) is 9.67 Å². The predicted molar refractivity (Wildman–Crippen MR) is 84.4 cm³/mol. The Bertz CT molecular complexity index is 862. The molecule has 0 fully saturated rings. The number of aromatic nitrogens is 3. The van der Waals surface area contributed by atoms with Crippen LogP contribution in [0.2, 0.25) is 0 Å². The number of anilines is 1. The molecule has 0 radical (unpaired) electrons. The van der Waals surface area contributed by atoms with Crippen molar-refractivity contribution in [1.82, 2.24) is 14.8 Å². The van der Waals surface area contributed by atoms with Crippen LogP contribution in [-0.2, 0) is 12.9 Å². The molecule has 0 saturated heterocycles. The first-order valence-corrected chi connectivity index (χ1v) is 7.84. The van der Waals surface area contributed by atoms with Crippen molar-refractivity contribution < 1.29 is 22.7 Å². The summed E-state index contributed by atoms with van der Waals surface area (Å²) in [5.74, 6) is -0.383. The Kier molecular flexibility index (Phi) is 4.70. The number of hydrogen-bond acceptors (Lipinski definition) is 5. The highest BCUT2D eigenvalue weighted by Gasteiger charge is 2.30. The third-order valence-electron chi connectivity index (χ3n) is 3.05. The standard InChI is InChI=1S/C15H11F3N4O2S/c16-15(17,18)10-2-1-3-11(8-10)24-9-22-6-4-12(21-22)13(23)20-14-19-5-7-25-14/h1-8H,9H2,(H,19,20,23). The molecule has 0 saturated carbocycles. The average Bonchev–Trinajstić information content (AvgIpc) is 3.24. The normalized spacial score (nSPS) is 11.3. The summed E-state index contributed by atoms with van der Waals surface area (Å²) >= 11 is 1.27. The number of rotatable bonds is 5. The maximum absolute atomic E-state index is 12.7. The van der Waals surface area contributed by atoms with E-state index in [1.165, 1.54) is 40.4 Å². The minimum absolute atomic E-state index is 0.0547. The zero-order chi connectivity index (χ0) is 17.9. The van der Waals surface area contributed by atoms with Gasteiger partial charge < -0.3 is 4.74 Å². The quantitative estimate of drug-likeness (QED) is 0.746. The molecule has 2 aromatic heterocycles. The van der Waals surface area contributed by atoms with E-state index in [-0.39, 0.29) is 18.2 Å². The van der Waals surface area contributed by atoms with E-state index >= 15 is 0 Å². The van der Waals surface area contributed by atoms with Crippen LogP contribution in [0.1, 0.15) is 16.1 Å². The average molecular weight is 368 g/mol. The number of nitrogens with zero attached hydrogens (tertiary/aromatic N) is 3. The summed E-state index contributed by atoms with van der Waals surface area (Å²) in [6.45, 7) is -0.133. The third-order valence-corrected chi connectivity index (χ3v) is 3.74. The van der Waals surface area contributed by atoms with Crippen LogP contribution in [0.4, 0.5) is 18.3 Å². The molecule has 3 aromatic rings. The molecule has 2 heterocycles. The van der Waals surface area contributed by atoms with Crippen molar-refractivity contribution in [1.29, 1.82) is 0 Å². The van der Waals surface area contributed by atoms with Crippen molar-refractivity contribution >= 4 is 22.4 Å². The summed E-state index contributed by atoms with van der Waals surface area (Å²) in [7, 11) is 0. The van der Waals surface area contributed by atoms with Gasteiger partial charge in [0.1, 0.15) is 5.75 Å². The third kappa shape index (κ3) is 4.35. The summed E-state index contributed by atoms with van der Waals surface area (Å²) in [5.41, 5.74) is -0.656. The molecular formula is C15H11F3N4O2S. The lowest BCUT2D eigenvalue weighted by molar-refractivity contribution is -0.137. The van der Waals surface area contributed by atoms with Crippen molar-refractivity contribution in [3.8, 4) is 5.75 Å². The Labute approximate surface area is 143 Å². The highest BCUT2D eigenvalue weighted by molar-refractivity contribution is 7.13. The fraction of sp³-hybridized carbons (Fsp3) is 0.133. The van der Waals surface area contributed by atoms with Crippen LogP contribution in [0.25, 0.3) is 0 Å². The minimum Gasteiger partial charge on any atom is -0.471 e. The summed E-state index contributed by atoms with van der Waals surface area (Å²) in [4.78, 5) is 15.9. The lowest BCUT2D eigenvalue weighted by Gasteiger charge is -2.10. The Balaban J connectivity index is 1.61. The molecule has 6 nitrogen and oxygen atoms in total. The molecule has 1 aromatic carbocycles. The Morgan fingerprint density at radius 3 is 2.88 bits per heavy atom. The fourth-order valence-electron chi connectivity index (χ4n) is 1.90. The first-order chi connectivity index (χ1) is 11.9. The van der Waals surface area contributed by atoms with Gasteiger partial charge >= 0.3 is 6.18 Å². The highest BCUT2D eigenvalue weighted by atomic mass is 32.1. The monoisotopic (exact) mass is 368 g/mol. The fourth-order valence-corrected chi connectivity index (χ4v) is 2.43. The highest BCUT2D eigenvalue weighted by Crippen LogP contribution is 2.31. The number of benzene rings is 1. The van der Waals surface area contributed by atoms with Crippen LogP contribution >= 0.6 is 11.3 Å². The maximum atomic E-state index is 12.7. The smallest absolute Gasteiger partial charge is 0.416 e. The van der Waals surface area contributed by atoms with Crippen molar-refractivity contribution in [3.05, 3.63) is 59.4 Å². The molecule has 0 spiro atoms. The molecule has 0 atom stereocenters. The number of nitrogens with one attached hydrogen (secondary N) is 1. The lowest BCUT2D eigenvalue weighted by atomic mass is 10.2. The van der Waals surface area contributed by atoms with Gasteiger partial charge in [0.05, 0.1) is 5.56 Å². The molecule has 25 heavy (non-hydrogen) atoms. The van der Waals surface area contributed by atoms with Gasteiger partial charge in [-0.15, -0.1) is 11.3 Å². The topological polar surface area (TPSA) is 69.0 Å². The molecule has 0 bridgehead atoms. The van der Waals surface area contributed by atoms with Crippen LogP contribution in [0, 0.1) is 0 Å². The van der Waals surface area contributed by atoms with E-state index in [0.29, 0.717) is 5.13 Å². The Hall–Kier alpha value is -2.88. The van der Waals surface area contributed by atoms with Crippen LogP contribution in [-0.4, -0.2) is 20.7 Å². The Morgan fingerprint density at radius 1 is 1.32 bits per heavy atom. The van der Waals surface area contributed by atoms with Crippen molar-refractivity contribution in [2.45, 2.75) is 12.9 Å². The van der Waals surface area contributed by atoms with Crippen molar-refractivity contribution in [2.75, 3.05) is 5.32 Å². The van der Waals surface area contributed by atoms with Gasteiger partial charge in [0.15, 0.2) is 17.6 Å². The molecule has 3 rings (SSSR count). The number of halogens is 3. The maximum Gasteiger partial charge on any atom is 0.416 e. The molecule has 1 amide bonds. The minimum atomic E-state index is -4.44. The molecular weight excluding hydrogens is 357 g/mol. The van der Waals surface area contributed by atoms with Gasteiger partial charge in [0, 0.05) is 17.8 Å². The summed E-state index contributed by atoms with van der Waals surface area (Å²) in [6, 6.07) is 6.00. The molecule has 1 N–H and O–H groups in total. The SMILES string of the molecule is O=C(Nc1nccs1)c1ccn(COc2cccc(C(F)(F)F)c2)n1. The van der Waals surface area contributed by atoms with Crippen molar-refractivity contribution in [3.63, 3.8) is 0 Å². The first-order valence-electron chi connectivity index (χ1n) is 6.96. The second-order valence-electron chi connectivity index (χ2n) is 4.83. The molecule has 0 unspecified atom stereocenters. The van der Waals surface area contributed by atoms with E-state index in [1.54, 1.807) is 11.6 Å². The molecule has 10 heteroatoms. The second kappa shape index (κ2) is 6.93. The van der Waals surface area contributed by atoms with Gasteiger partial charge in [-0.2, -0.15) is 18.3 Å². The number of ether oxygens (including phenoxy) is 1. The predicted octanol–water partition coefficient (Wildman–Crippen LogP) is 3.65. The van der Waals surface area contributed by atoms with E-state index < -0.39 is 17.6 Å². The number of amides is 1. The Morgan fingerprint density at radius 2 is 2.16 bits per heavy atom. The first kappa shape index (κ1) is 17.0. The zero-order valence-corrected chi connectivity index (χ0v) is 13.3. The zero-order valence-electron chi connectivity index (χ0n) is 12.5. The van der Waals surface area contributed by atoms with E-state index in [1.807, 2.05) is 0 Å². The molecule has 0 aliphatic rings. The van der Waals surface area contributed by atoms with E-state index in [2.05, 4.69) is 15.4 Å². The van der Waals surface area contributed by atoms with E-state index in [4.69, 9.17) is 4.74 Å². The summed E-state index contributed by atoms with van der Waals surface area (Å²) in [5, 5.41) is 8.75. The van der Waals surface area contributed by atoms with E-state index in [9.17, 15) is 18.0 Å². The molecule has 0 aliphatic heterocycles. The lowest BCUT2D eigenvalue weighted by Crippen LogP contribution is -2.14. The van der Waals surface area contributed by atoms with Crippen LogP contribution < -0.4 is 10.1 Å².